The smallest absolute Gasteiger partial charge is 0.234 e. The van der Waals surface area contributed by atoms with E-state index in [4.69, 9.17) is 4.74 Å². The van der Waals surface area contributed by atoms with Gasteiger partial charge in [-0.2, -0.15) is 0 Å². The van der Waals surface area contributed by atoms with Gasteiger partial charge in [0.05, 0.1) is 19.7 Å². The predicted octanol–water partition coefficient (Wildman–Crippen LogP) is 3.54. The summed E-state index contributed by atoms with van der Waals surface area (Å²) in [6.45, 7) is 5.60. The molecular weight excluding hydrogens is 362 g/mol. The lowest BCUT2D eigenvalue weighted by atomic mass is 9.96. The van der Waals surface area contributed by atoms with Gasteiger partial charge in [0.2, 0.25) is 5.91 Å². The molecule has 2 aromatic rings. The Morgan fingerprint density at radius 2 is 1.83 bits per heavy atom. The van der Waals surface area contributed by atoms with Crippen LogP contribution in [0.4, 0.5) is 0 Å². The Balaban J connectivity index is 1.60. The average Bonchev–Trinajstić information content (AvgIpc) is 3.11. The van der Waals surface area contributed by atoms with Crippen molar-refractivity contribution >= 4 is 5.91 Å². The quantitative estimate of drug-likeness (QED) is 0.718. The lowest BCUT2D eigenvalue weighted by molar-refractivity contribution is -0.121. The Hall–Kier alpha value is -2.37. The number of likely N-dealkylation sites (N-methyl/N-ethyl adjacent to an activating group) is 1. The molecule has 0 aliphatic carbocycles. The number of carbonyl (C=O) groups excluding carboxylic acids is 1. The van der Waals surface area contributed by atoms with Crippen molar-refractivity contribution in [1.82, 2.24) is 15.5 Å². The zero-order chi connectivity index (χ0) is 20.8. The number of ether oxygens (including phenoxy) is 1. The minimum absolute atomic E-state index is 0.0219. The zero-order valence-electron chi connectivity index (χ0n) is 17.9. The van der Waals surface area contributed by atoms with Gasteiger partial charge in [0, 0.05) is 18.6 Å². The van der Waals surface area contributed by atoms with Crippen molar-refractivity contribution in [3.63, 3.8) is 0 Å². The molecule has 2 aromatic carbocycles. The van der Waals surface area contributed by atoms with Crippen molar-refractivity contribution in [3.05, 3.63) is 65.7 Å². The molecule has 5 nitrogen and oxygen atoms in total. The number of hydrogen-bond acceptors (Lipinski definition) is 4. The molecule has 1 saturated heterocycles. The fraction of sp³-hybridized carbons (Fsp3) is 0.458. The van der Waals surface area contributed by atoms with Crippen LogP contribution in [0.3, 0.4) is 0 Å². The lowest BCUT2D eigenvalue weighted by Crippen LogP contribution is -2.43. The number of nitrogens with zero attached hydrogens (tertiary/aromatic N) is 1. The first kappa shape index (κ1) is 21.3. The van der Waals surface area contributed by atoms with Gasteiger partial charge in [0.1, 0.15) is 5.75 Å². The molecule has 0 radical (unpaired) electrons. The molecule has 0 bridgehead atoms. The molecule has 156 valence electrons. The first-order chi connectivity index (χ1) is 14.0. The van der Waals surface area contributed by atoms with Crippen LogP contribution in [0.5, 0.6) is 5.75 Å². The number of benzene rings is 2. The Bertz CT molecular complexity index is 776. The largest absolute Gasteiger partial charge is 0.497 e. The van der Waals surface area contributed by atoms with Crippen molar-refractivity contribution in [3.8, 4) is 5.75 Å². The summed E-state index contributed by atoms with van der Waals surface area (Å²) >= 11 is 0. The summed E-state index contributed by atoms with van der Waals surface area (Å²) < 4.78 is 5.24. The maximum Gasteiger partial charge on any atom is 0.234 e. The van der Waals surface area contributed by atoms with E-state index in [9.17, 15) is 4.79 Å². The number of likely N-dealkylation sites (tertiary alicyclic amines) is 1. The van der Waals surface area contributed by atoms with E-state index in [-0.39, 0.29) is 18.0 Å². The highest BCUT2D eigenvalue weighted by molar-refractivity contribution is 5.78. The highest BCUT2D eigenvalue weighted by atomic mass is 16.5. The number of carbonyl (C=O) groups is 1. The number of nitrogens with one attached hydrogen (secondary N) is 2. The number of rotatable bonds is 8. The molecule has 3 atom stereocenters. The van der Waals surface area contributed by atoms with Crippen LogP contribution in [0.25, 0.3) is 0 Å². The molecule has 29 heavy (non-hydrogen) atoms. The van der Waals surface area contributed by atoms with Crippen LogP contribution in [0.2, 0.25) is 0 Å². The highest BCUT2D eigenvalue weighted by Crippen LogP contribution is 2.30. The van der Waals surface area contributed by atoms with Gasteiger partial charge in [-0.15, -0.1) is 0 Å². The summed E-state index contributed by atoms with van der Waals surface area (Å²) in [6, 6.07) is 19.0. The van der Waals surface area contributed by atoms with Gasteiger partial charge in [-0.1, -0.05) is 56.3 Å². The van der Waals surface area contributed by atoms with Crippen LogP contribution in [-0.4, -0.2) is 44.1 Å². The number of methoxy groups -OCH3 is 1. The van der Waals surface area contributed by atoms with E-state index in [1.54, 1.807) is 7.11 Å². The van der Waals surface area contributed by atoms with Crippen LogP contribution < -0.4 is 15.4 Å². The van der Waals surface area contributed by atoms with E-state index >= 15 is 0 Å². The molecule has 0 saturated carbocycles. The monoisotopic (exact) mass is 395 g/mol. The molecule has 3 rings (SSSR count). The second-order valence-corrected chi connectivity index (χ2v) is 8.17. The standard InChI is InChI=1S/C24H33N3O2/c1-17(2)23(18-10-12-20(29-4)13-11-18)26-22(28)16-25-21-14-15-27(3)24(21)19-8-6-5-7-9-19/h5-13,17,21,23-25H,14-16H2,1-4H3,(H,26,28)/t21-,23-,24+/m1/s1. The second kappa shape index (κ2) is 9.90. The number of hydrogen-bond donors (Lipinski definition) is 2. The van der Waals surface area contributed by atoms with Gasteiger partial charge in [-0.25, -0.2) is 0 Å². The van der Waals surface area contributed by atoms with E-state index in [0.717, 1.165) is 24.3 Å². The van der Waals surface area contributed by atoms with E-state index in [1.807, 2.05) is 30.3 Å². The highest BCUT2D eigenvalue weighted by Gasteiger charge is 2.33. The fourth-order valence-corrected chi connectivity index (χ4v) is 4.19. The van der Waals surface area contributed by atoms with Gasteiger partial charge >= 0.3 is 0 Å². The third-order valence-electron chi connectivity index (χ3n) is 5.77. The molecular formula is C24H33N3O2. The van der Waals surface area contributed by atoms with Crippen LogP contribution in [-0.2, 0) is 4.79 Å². The van der Waals surface area contributed by atoms with Crippen molar-refractivity contribution in [1.29, 1.82) is 0 Å². The maximum absolute atomic E-state index is 12.7. The molecule has 5 heteroatoms. The molecule has 2 N–H and O–H groups in total. The molecule has 0 aromatic heterocycles. The lowest BCUT2D eigenvalue weighted by Gasteiger charge is -2.27. The zero-order valence-corrected chi connectivity index (χ0v) is 17.9. The molecule has 1 heterocycles. The second-order valence-electron chi connectivity index (χ2n) is 8.17. The van der Waals surface area contributed by atoms with Gasteiger partial charge < -0.3 is 15.4 Å². The molecule has 1 amide bonds. The van der Waals surface area contributed by atoms with Crippen molar-refractivity contribution in [2.24, 2.45) is 5.92 Å². The Labute approximate surface area is 174 Å². The first-order valence-electron chi connectivity index (χ1n) is 10.4. The summed E-state index contributed by atoms with van der Waals surface area (Å²) in [5, 5.41) is 6.70. The SMILES string of the molecule is COc1ccc([C@H](NC(=O)CN[C@@H]2CCN(C)[C@H]2c2ccccc2)C(C)C)cc1. The van der Waals surface area contributed by atoms with Crippen molar-refractivity contribution in [2.75, 3.05) is 27.2 Å². The predicted molar refractivity (Wildman–Crippen MR) is 117 cm³/mol. The minimum atomic E-state index is -0.0219. The van der Waals surface area contributed by atoms with Gasteiger partial charge in [0.25, 0.3) is 0 Å². The first-order valence-corrected chi connectivity index (χ1v) is 10.4. The summed E-state index contributed by atoms with van der Waals surface area (Å²) in [5.74, 6) is 1.14. The topological polar surface area (TPSA) is 53.6 Å². The van der Waals surface area contributed by atoms with E-state index in [2.05, 4.69) is 60.7 Å². The third kappa shape index (κ3) is 5.37. The Morgan fingerprint density at radius 3 is 2.45 bits per heavy atom. The van der Waals surface area contributed by atoms with Gasteiger partial charge in [-0.05, 0) is 42.6 Å². The van der Waals surface area contributed by atoms with Crippen LogP contribution >= 0.6 is 0 Å². The minimum Gasteiger partial charge on any atom is -0.497 e. The fourth-order valence-electron chi connectivity index (χ4n) is 4.19. The van der Waals surface area contributed by atoms with Crippen molar-refractivity contribution < 1.29 is 9.53 Å². The van der Waals surface area contributed by atoms with Gasteiger partial charge in [0.15, 0.2) is 0 Å². The summed E-state index contributed by atoms with van der Waals surface area (Å²) in [7, 11) is 3.81. The molecule has 1 aliphatic heterocycles. The molecule has 1 aliphatic rings. The molecule has 1 fully saturated rings. The maximum atomic E-state index is 12.7. The number of amides is 1. The van der Waals surface area contributed by atoms with Crippen LogP contribution in [0.15, 0.2) is 54.6 Å². The Kier molecular flexibility index (Phi) is 7.29. The van der Waals surface area contributed by atoms with Crippen LogP contribution in [0.1, 0.15) is 43.5 Å². The third-order valence-corrected chi connectivity index (χ3v) is 5.77. The van der Waals surface area contributed by atoms with Gasteiger partial charge in [-0.3, -0.25) is 9.69 Å². The average molecular weight is 396 g/mol. The van der Waals surface area contributed by atoms with Crippen molar-refractivity contribution in [2.45, 2.75) is 38.4 Å². The normalized spacial score (nSPS) is 20.6. The summed E-state index contributed by atoms with van der Waals surface area (Å²) in [4.78, 5) is 15.1. The molecule has 0 unspecified atom stereocenters. The molecule has 0 spiro atoms. The summed E-state index contributed by atoms with van der Waals surface area (Å²) in [5.41, 5.74) is 2.39. The van der Waals surface area contributed by atoms with E-state index in [0.29, 0.717) is 18.5 Å². The van der Waals surface area contributed by atoms with E-state index < -0.39 is 0 Å². The summed E-state index contributed by atoms with van der Waals surface area (Å²) in [6.07, 6.45) is 1.04. The van der Waals surface area contributed by atoms with Crippen LogP contribution in [0, 0.1) is 5.92 Å². The Morgan fingerprint density at radius 1 is 1.14 bits per heavy atom. The van der Waals surface area contributed by atoms with E-state index in [1.165, 1.54) is 5.56 Å².